The summed E-state index contributed by atoms with van der Waals surface area (Å²) in [6.45, 7) is 8.16. The molecule has 4 rings (SSSR count). The molecule has 1 heterocycles. The second-order valence-electron chi connectivity index (χ2n) is 10.1. The van der Waals surface area contributed by atoms with Crippen LogP contribution in [0.15, 0.2) is 83.9 Å². The lowest BCUT2D eigenvalue weighted by Gasteiger charge is -2.19. The van der Waals surface area contributed by atoms with E-state index in [9.17, 15) is 20.2 Å². The van der Waals surface area contributed by atoms with E-state index >= 15 is 0 Å². The molecule has 0 aliphatic heterocycles. The Hall–Kier alpha value is -4.48. The number of nitriles is 1. The van der Waals surface area contributed by atoms with Gasteiger partial charge in [-0.05, 0) is 41.2 Å². The van der Waals surface area contributed by atoms with Crippen LogP contribution in [0.25, 0.3) is 22.4 Å². The lowest BCUT2D eigenvalue weighted by molar-refractivity contribution is -0.384. The Morgan fingerprint density at radius 2 is 1.72 bits per heavy atom. The van der Waals surface area contributed by atoms with E-state index < -0.39 is 4.92 Å². The fourth-order valence-electron chi connectivity index (χ4n) is 4.09. The van der Waals surface area contributed by atoms with E-state index in [1.807, 2.05) is 48.5 Å². The summed E-state index contributed by atoms with van der Waals surface area (Å²) >= 11 is 1.18. The minimum absolute atomic E-state index is 0.000428. The highest BCUT2D eigenvalue weighted by Gasteiger charge is 2.19. The molecule has 0 atom stereocenters. The number of nitro benzene ring substituents is 1. The Morgan fingerprint density at radius 1 is 1.03 bits per heavy atom. The molecule has 0 unspecified atom stereocenters. The van der Waals surface area contributed by atoms with Crippen molar-refractivity contribution in [2.45, 2.75) is 38.1 Å². The number of nitrogens with one attached hydrogen (secondary N) is 1. The summed E-state index contributed by atoms with van der Waals surface area (Å²) in [7, 11) is 0. The van der Waals surface area contributed by atoms with Gasteiger partial charge in [-0.1, -0.05) is 87.1 Å². The lowest BCUT2D eigenvalue weighted by atomic mass is 9.86. The average Bonchev–Trinajstić information content (AvgIpc) is 2.92. The maximum atomic E-state index is 12.8. The van der Waals surface area contributed by atoms with Gasteiger partial charge in [0, 0.05) is 28.9 Å². The van der Waals surface area contributed by atoms with Crippen molar-refractivity contribution in [3.05, 3.63) is 106 Å². The topological polar surface area (TPSA) is 109 Å². The van der Waals surface area contributed by atoms with Crippen molar-refractivity contribution in [2.24, 2.45) is 0 Å². The summed E-state index contributed by atoms with van der Waals surface area (Å²) in [5.41, 5.74) is 5.90. The standard InChI is InChI=1S/C31H28N4O3S/c1-20-16-24(35(37)38)14-15-27(20)33-29(36)19-39-30-26(18-32)25(17-28(34-30)22-8-6-5-7-9-22)21-10-12-23(13-11-21)31(2,3)4/h5-17H,19H2,1-4H3,(H,33,36). The first-order valence-corrected chi connectivity index (χ1v) is 13.3. The molecule has 196 valence electrons. The number of amides is 1. The van der Waals surface area contributed by atoms with Crippen LogP contribution in [0.2, 0.25) is 0 Å². The molecule has 4 aromatic rings. The van der Waals surface area contributed by atoms with E-state index in [-0.39, 0.29) is 22.8 Å². The molecule has 7 nitrogen and oxygen atoms in total. The zero-order chi connectivity index (χ0) is 28.2. The van der Waals surface area contributed by atoms with E-state index in [4.69, 9.17) is 4.98 Å². The molecule has 1 amide bonds. The summed E-state index contributed by atoms with van der Waals surface area (Å²) in [5, 5.41) is 24.4. The number of thioether (sulfide) groups is 1. The molecule has 0 saturated carbocycles. The number of rotatable bonds is 7. The monoisotopic (exact) mass is 536 g/mol. The number of non-ortho nitro benzene ring substituents is 1. The highest BCUT2D eigenvalue weighted by Crippen LogP contribution is 2.35. The number of pyridine rings is 1. The summed E-state index contributed by atoms with van der Waals surface area (Å²) in [5.74, 6) is -0.289. The quantitative estimate of drug-likeness (QED) is 0.148. The molecule has 0 fully saturated rings. The first-order valence-electron chi connectivity index (χ1n) is 12.4. The van der Waals surface area contributed by atoms with Crippen molar-refractivity contribution in [1.82, 2.24) is 4.98 Å². The predicted molar refractivity (Wildman–Crippen MR) is 156 cm³/mol. The van der Waals surface area contributed by atoms with Crippen LogP contribution in [0, 0.1) is 28.4 Å². The number of carbonyl (C=O) groups is 1. The van der Waals surface area contributed by atoms with Crippen molar-refractivity contribution < 1.29 is 9.72 Å². The summed E-state index contributed by atoms with van der Waals surface area (Å²) in [6, 6.07) is 26.4. The smallest absolute Gasteiger partial charge is 0.269 e. The Kier molecular flexibility index (Phi) is 8.12. The van der Waals surface area contributed by atoms with Gasteiger partial charge in [0.05, 0.1) is 21.9 Å². The van der Waals surface area contributed by atoms with E-state index in [1.165, 1.54) is 35.5 Å². The molecular formula is C31H28N4O3S. The lowest BCUT2D eigenvalue weighted by Crippen LogP contribution is -2.15. The maximum absolute atomic E-state index is 12.8. The van der Waals surface area contributed by atoms with E-state index in [2.05, 4.69) is 44.3 Å². The van der Waals surface area contributed by atoms with Crippen LogP contribution in [0.3, 0.4) is 0 Å². The van der Waals surface area contributed by atoms with Crippen molar-refractivity contribution >= 4 is 29.0 Å². The fraction of sp³-hybridized carbons (Fsp3) is 0.194. The molecule has 0 radical (unpaired) electrons. The molecule has 0 aliphatic carbocycles. The number of benzene rings is 3. The van der Waals surface area contributed by atoms with Gasteiger partial charge in [-0.25, -0.2) is 4.98 Å². The Bertz CT molecular complexity index is 1570. The number of hydrogen-bond acceptors (Lipinski definition) is 6. The molecule has 8 heteroatoms. The van der Waals surface area contributed by atoms with Crippen LogP contribution in [-0.2, 0) is 10.2 Å². The van der Waals surface area contributed by atoms with Gasteiger partial charge in [-0.15, -0.1) is 0 Å². The van der Waals surface area contributed by atoms with Gasteiger partial charge in [-0.3, -0.25) is 14.9 Å². The molecule has 0 spiro atoms. The number of aromatic nitrogens is 1. The van der Waals surface area contributed by atoms with E-state index in [0.29, 0.717) is 27.5 Å². The van der Waals surface area contributed by atoms with Gasteiger partial charge in [0.1, 0.15) is 11.1 Å². The normalized spacial score (nSPS) is 11.1. The second kappa shape index (κ2) is 11.5. The summed E-state index contributed by atoms with van der Waals surface area (Å²) in [4.78, 5) is 28.1. The number of hydrogen-bond donors (Lipinski definition) is 1. The third-order valence-electron chi connectivity index (χ3n) is 6.26. The minimum atomic E-state index is -0.475. The van der Waals surface area contributed by atoms with Gasteiger partial charge in [0.15, 0.2) is 0 Å². The number of aryl methyl sites for hydroxylation is 1. The first kappa shape index (κ1) is 27.6. The van der Waals surface area contributed by atoms with Crippen LogP contribution in [0.5, 0.6) is 0 Å². The third kappa shape index (κ3) is 6.51. The van der Waals surface area contributed by atoms with Gasteiger partial charge < -0.3 is 5.32 Å². The number of anilines is 1. The van der Waals surface area contributed by atoms with E-state index in [1.54, 1.807) is 6.92 Å². The molecule has 0 saturated heterocycles. The highest BCUT2D eigenvalue weighted by molar-refractivity contribution is 8.00. The average molecular weight is 537 g/mol. The maximum Gasteiger partial charge on any atom is 0.269 e. The predicted octanol–water partition coefficient (Wildman–Crippen LogP) is 7.53. The largest absolute Gasteiger partial charge is 0.325 e. The van der Waals surface area contributed by atoms with Crippen LogP contribution in [0.1, 0.15) is 37.5 Å². The van der Waals surface area contributed by atoms with Gasteiger partial charge in [0.25, 0.3) is 5.69 Å². The molecule has 0 aliphatic rings. The van der Waals surface area contributed by atoms with Crippen LogP contribution in [-0.4, -0.2) is 21.6 Å². The van der Waals surface area contributed by atoms with E-state index in [0.717, 1.165) is 16.7 Å². The molecule has 3 aromatic carbocycles. The Morgan fingerprint density at radius 3 is 2.31 bits per heavy atom. The minimum Gasteiger partial charge on any atom is -0.325 e. The molecule has 1 N–H and O–H groups in total. The van der Waals surface area contributed by atoms with Gasteiger partial charge >= 0.3 is 0 Å². The molecule has 0 bridgehead atoms. The van der Waals surface area contributed by atoms with Crippen LogP contribution in [0.4, 0.5) is 11.4 Å². The molecule has 1 aromatic heterocycles. The summed E-state index contributed by atoms with van der Waals surface area (Å²) < 4.78 is 0. The second-order valence-corrected chi connectivity index (χ2v) is 11.1. The summed E-state index contributed by atoms with van der Waals surface area (Å²) in [6.07, 6.45) is 0. The van der Waals surface area contributed by atoms with Crippen molar-refractivity contribution in [3.63, 3.8) is 0 Å². The van der Waals surface area contributed by atoms with Crippen LogP contribution < -0.4 is 5.32 Å². The fourth-order valence-corrected chi connectivity index (χ4v) is 4.89. The van der Waals surface area contributed by atoms with Gasteiger partial charge in [-0.2, -0.15) is 5.26 Å². The van der Waals surface area contributed by atoms with Crippen molar-refractivity contribution in [1.29, 1.82) is 5.26 Å². The number of carbonyl (C=O) groups excluding carboxylic acids is 1. The van der Waals surface area contributed by atoms with Crippen LogP contribution >= 0.6 is 11.8 Å². The molecular weight excluding hydrogens is 508 g/mol. The third-order valence-corrected chi connectivity index (χ3v) is 7.24. The van der Waals surface area contributed by atoms with Crippen molar-refractivity contribution in [2.75, 3.05) is 11.1 Å². The first-order chi connectivity index (χ1) is 18.6. The number of nitro groups is 1. The van der Waals surface area contributed by atoms with Crippen molar-refractivity contribution in [3.8, 4) is 28.5 Å². The zero-order valence-corrected chi connectivity index (χ0v) is 23.0. The van der Waals surface area contributed by atoms with Gasteiger partial charge in [0.2, 0.25) is 5.91 Å². The molecule has 39 heavy (non-hydrogen) atoms. The number of nitrogens with zero attached hydrogens (tertiary/aromatic N) is 3. The SMILES string of the molecule is Cc1cc([N+](=O)[O-])ccc1NC(=O)CSc1nc(-c2ccccc2)cc(-c2ccc(C(C)(C)C)cc2)c1C#N. The Balaban J connectivity index is 1.66. The zero-order valence-electron chi connectivity index (χ0n) is 22.2. The highest BCUT2D eigenvalue weighted by atomic mass is 32.2. The Labute approximate surface area is 232 Å².